The number of amides is 1. The molecule has 3 rings (SSSR count). The molecule has 0 saturated carbocycles. The van der Waals surface area contributed by atoms with Gasteiger partial charge in [-0.25, -0.2) is 0 Å². The summed E-state index contributed by atoms with van der Waals surface area (Å²) in [5.41, 5.74) is 2.83. The summed E-state index contributed by atoms with van der Waals surface area (Å²) < 4.78 is 16.5. The number of rotatable bonds is 6. The maximum absolute atomic E-state index is 12.6. The molecule has 6 heteroatoms. The Labute approximate surface area is 153 Å². The summed E-state index contributed by atoms with van der Waals surface area (Å²) in [6.07, 6.45) is 0. The molecule has 2 aromatic rings. The van der Waals surface area contributed by atoms with Crippen molar-refractivity contribution in [3.05, 3.63) is 53.1 Å². The molecular weight excluding hydrogens is 332 g/mol. The van der Waals surface area contributed by atoms with Crippen LogP contribution in [0.5, 0.6) is 17.2 Å². The second-order valence-corrected chi connectivity index (χ2v) is 6.54. The average molecular weight is 357 g/mol. The summed E-state index contributed by atoms with van der Waals surface area (Å²) in [6, 6.07) is 11.5. The SMILES string of the molecule is COc1cc(C(=O)NCc2ccccc2C[NH+](C)C)cc2c1OCCO2. The van der Waals surface area contributed by atoms with Crippen LogP contribution in [0.2, 0.25) is 0 Å². The van der Waals surface area contributed by atoms with E-state index in [0.717, 1.165) is 12.1 Å². The van der Waals surface area contributed by atoms with Gasteiger partial charge in [0.1, 0.15) is 19.8 Å². The van der Waals surface area contributed by atoms with Crippen molar-refractivity contribution >= 4 is 5.91 Å². The first-order valence-electron chi connectivity index (χ1n) is 8.70. The molecule has 0 saturated heterocycles. The monoisotopic (exact) mass is 357 g/mol. The molecule has 1 heterocycles. The van der Waals surface area contributed by atoms with Gasteiger partial charge in [-0.15, -0.1) is 0 Å². The maximum atomic E-state index is 12.6. The summed E-state index contributed by atoms with van der Waals surface area (Å²) in [4.78, 5) is 14.0. The van der Waals surface area contributed by atoms with Crippen molar-refractivity contribution in [3.63, 3.8) is 0 Å². The molecule has 0 spiro atoms. The van der Waals surface area contributed by atoms with E-state index in [1.807, 2.05) is 18.2 Å². The van der Waals surface area contributed by atoms with Gasteiger partial charge in [-0.3, -0.25) is 4.79 Å². The zero-order chi connectivity index (χ0) is 18.5. The number of hydrogen-bond donors (Lipinski definition) is 2. The largest absolute Gasteiger partial charge is 0.493 e. The highest BCUT2D eigenvalue weighted by atomic mass is 16.6. The van der Waals surface area contributed by atoms with E-state index in [1.54, 1.807) is 19.2 Å². The summed E-state index contributed by atoms with van der Waals surface area (Å²) >= 11 is 0. The third-order valence-electron chi connectivity index (χ3n) is 4.19. The van der Waals surface area contributed by atoms with Gasteiger partial charge in [0.2, 0.25) is 5.75 Å². The van der Waals surface area contributed by atoms with Gasteiger partial charge in [0.15, 0.2) is 11.5 Å². The van der Waals surface area contributed by atoms with Crippen LogP contribution in [0.15, 0.2) is 36.4 Å². The lowest BCUT2D eigenvalue weighted by Gasteiger charge is -2.21. The second-order valence-electron chi connectivity index (χ2n) is 6.54. The zero-order valence-electron chi connectivity index (χ0n) is 15.4. The minimum absolute atomic E-state index is 0.174. The number of ether oxygens (including phenoxy) is 3. The van der Waals surface area contributed by atoms with Crippen molar-refractivity contribution in [2.45, 2.75) is 13.1 Å². The van der Waals surface area contributed by atoms with Crippen molar-refractivity contribution in [2.75, 3.05) is 34.4 Å². The molecule has 0 atom stereocenters. The highest BCUT2D eigenvalue weighted by molar-refractivity contribution is 5.95. The maximum Gasteiger partial charge on any atom is 0.251 e. The molecule has 6 nitrogen and oxygen atoms in total. The fourth-order valence-corrected chi connectivity index (χ4v) is 2.97. The van der Waals surface area contributed by atoms with Gasteiger partial charge in [0.25, 0.3) is 5.91 Å². The van der Waals surface area contributed by atoms with E-state index >= 15 is 0 Å². The molecular formula is C20H25N2O4+. The second kappa shape index (κ2) is 8.10. The Bertz CT molecular complexity index is 772. The molecule has 2 aromatic carbocycles. The van der Waals surface area contributed by atoms with Crippen molar-refractivity contribution < 1.29 is 23.9 Å². The fraction of sp³-hybridized carbons (Fsp3) is 0.350. The topological polar surface area (TPSA) is 61.2 Å². The molecule has 2 N–H and O–H groups in total. The number of hydrogen-bond acceptors (Lipinski definition) is 4. The van der Waals surface area contributed by atoms with Gasteiger partial charge in [-0.2, -0.15) is 0 Å². The Morgan fingerprint density at radius 1 is 1.15 bits per heavy atom. The zero-order valence-corrected chi connectivity index (χ0v) is 15.4. The van der Waals surface area contributed by atoms with Crippen LogP contribution < -0.4 is 24.4 Å². The third-order valence-corrected chi connectivity index (χ3v) is 4.19. The van der Waals surface area contributed by atoms with Crippen LogP contribution in [0.3, 0.4) is 0 Å². The summed E-state index contributed by atoms with van der Waals surface area (Å²) in [5.74, 6) is 1.42. The normalized spacial score (nSPS) is 12.8. The first-order chi connectivity index (χ1) is 12.6. The first-order valence-corrected chi connectivity index (χ1v) is 8.70. The van der Waals surface area contributed by atoms with Gasteiger partial charge in [0.05, 0.1) is 21.2 Å². The molecule has 0 fully saturated rings. The number of carbonyl (C=O) groups excluding carboxylic acids is 1. The van der Waals surface area contributed by atoms with Crippen molar-refractivity contribution in [1.29, 1.82) is 0 Å². The van der Waals surface area contributed by atoms with Gasteiger partial charge >= 0.3 is 0 Å². The number of fused-ring (bicyclic) bond motifs is 1. The van der Waals surface area contributed by atoms with Crippen LogP contribution in [-0.2, 0) is 13.1 Å². The third kappa shape index (κ3) is 4.08. The number of carbonyl (C=O) groups is 1. The lowest BCUT2D eigenvalue weighted by molar-refractivity contribution is -0.872. The minimum atomic E-state index is -0.174. The first kappa shape index (κ1) is 18.1. The van der Waals surface area contributed by atoms with E-state index < -0.39 is 0 Å². The Morgan fingerprint density at radius 2 is 1.88 bits per heavy atom. The lowest BCUT2D eigenvalue weighted by atomic mass is 10.1. The Hall–Kier alpha value is -2.73. The quantitative estimate of drug-likeness (QED) is 0.811. The van der Waals surface area contributed by atoms with Crippen LogP contribution in [0.25, 0.3) is 0 Å². The Morgan fingerprint density at radius 3 is 2.62 bits per heavy atom. The molecule has 1 aliphatic rings. The molecule has 1 aliphatic heterocycles. The Balaban J connectivity index is 1.75. The molecule has 0 radical (unpaired) electrons. The molecule has 0 aliphatic carbocycles. The highest BCUT2D eigenvalue weighted by Crippen LogP contribution is 2.40. The number of nitrogens with one attached hydrogen (secondary N) is 2. The summed E-state index contributed by atoms with van der Waals surface area (Å²) in [7, 11) is 5.77. The van der Waals surface area contributed by atoms with Crippen LogP contribution >= 0.6 is 0 Å². The van der Waals surface area contributed by atoms with E-state index in [1.165, 1.54) is 10.5 Å². The van der Waals surface area contributed by atoms with Gasteiger partial charge in [-0.05, 0) is 17.7 Å². The molecule has 1 amide bonds. The number of methoxy groups -OCH3 is 1. The number of benzene rings is 2. The molecule has 0 bridgehead atoms. The summed E-state index contributed by atoms with van der Waals surface area (Å²) in [6.45, 7) is 2.31. The van der Waals surface area contributed by atoms with Gasteiger partial charge in [-0.1, -0.05) is 24.3 Å². The van der Waals surface area contributed by atoms with Crippen LogP contribution in [-0.4, -0.2) is 40.3 Å². The molecule has 138 valence electrons. The van der Waals surface area contributed by atoms with E-state index in [4.69, 9.17) is 14.2 Å². The van der Waals surface area contributed by atoms with E-state index in [9.17, 15) is 4.79 Å². The lowest BCUT2D eigenvalue weighted by Crippen LogP contribution is -3.04. The van der Waals surface area contributed by atoms with Gasteiger partial charge < -0.3 is 24.4 Å². The van der Waals surface area contributed by atoms with Crippen LogP contribution in [0.1, 0.15) is 21.5 Å². The molecule has 0 unspecified atom stereocenters. The molecule has 26 heavy (non-hydrogen) atoms. The standard InChI is InChI=1S/C20H24N2O4/c1-22(2)13-15-7-5-4-6-14(15)12-21-20(23)16-10-17(24-3)19-18(11-16)25-8-9-26-19/h4-7,10-11H,8-9,12-13H2,1-3H3,(H,21,23)/p+1. The minimum Gasteiger partial charge on any atom is -0.493 e. The number of quaternary nitrogens is 1. The van der Waals surface area contributed by atoms with Crippen molar-refractivity contribution in [2.24, 2.45) is 0 Å². The smallest absolute Gasteiger partial charge is 0.251 e. The van der Waals surface area contributed by atoms with Crippen LogP contribution in [0, 0.1) is 0 Å². The van der Waals surface area contributed by atoms with E-state index in [0.29, 0.717) is 42.6 Å². The van der Waals surface area contributed by atoms with E-state index in [-0.39, 0.29) is 5.91 Å². The van der Waals surface area contributed by atoms with Crippen molar-refractivity contribution in [1.82, 2.24) is 5.32 Å². The fourth-order valence-electron chi connectivity index (χ4n) is 2.97. The van der Waals surface area contributed by atoms with Gasteiger partial charge in [0, 0.05) is 17.7 Å². The van der Waals surface area contributed by atoms with Crippen LogP contribution in [0.4, 0.5) is 0 Å². The van der Waals surface area contributed by atoms with E-state index in [2.05, 4.69) is 25.5 Å². The predicted octanol–water partition coefficient (Wildman–Crippen LogP) is 1.04. The predicted molar refractivity (Wildman–Crippen MR) is 98.1 cm³/mol. The Kier molecular flexibility index (Phi) is 5.63. The summed E-state index contributed by atoms with van der Waals surface area (Å²) in [5, 5.41) is 2.99. The highest BCUT2D eigenvalue weighted by Gasteiger charge is 2.21. The van der Waals surface area contributed by atoms with Crippen molar-refractivity contribution in [3.8, 4) is 17.2 Å². The molecule has 0 aromatic heterocycles. The average Bonchev–Trinajstić information content (AvgIpc) is 2.65.